The number of phenolic OH excluding ortho intramolecular Hbond substituents is 1. The molecule has 3 heterocycles. The molecule has 0 aliphatic carbocycles. The van der Waals surface area contributed by atoms with Gasteiger partial charge >= 0.3 is 6.01 Å². The maximum Gasteiger partial charge on any atom is 0.319 e. The van der Waals surface area contributed by atoms with Crippen molar-refractivity contribution in [3.8, 4) is 40.3 Å². The SMILES string of the molecule is CC(C)n1cnc2c(-n3c(O)nnc3-c3cc4c(cc3O)OCO4)cccc21. The summed E-state index contributed by atoms with van der Waals surface area (Å²) in [5, 5.41) is 28.8. The second kappa shape index (κ2) is 5.88. The van der Waals surface area contributed by atoms with E-state index in [2.05, 4.69) is 29.0 Å². The molecule has 142 valence electrons. The van der Waals surface area contributed by atoms with Gasteiger partial charge in [0.1, 0.15) is 11.3 Å². The van der Waals surface area contributed by atoms with Gasteiger partial charge < -0.3 is 24.3 Å². The molecule has 2 N–H and O–H groups in total. The van der Waals surface area contributed by atoms with Crippen molar-refractivity contribution >= 4 is 11.0 Å². The van der Waals surface area contributed by atoms with Gasteiger partial charge in [0.25, 0.3) is 0 Å². The number of para-hydroxylation sites is 1. The zero-order valence-corrected chi connectivity index (χ0v) is 15.2. The summed E-state index contributed by atoms with van der Waals surface area (Å²) in [7, 11) is 0. The van der Waals surface area contributed by atoms with Crippen LogP contribution in [0.1, 0.15) is 19.9 Å². The Morgan fingerprint density at radius 1 is 1.07 bits per heavy atom. The molecule has 4 aromatic rings. The van der Waals surface area contributed by atoms with Crippen molar-refractivity contribution in [2.45, 2.75) is 19.9 Å². The smallest absolute Gasteiger partial charge is 0.319 e. The highest BCUT2D eigenvalue weighted by Gasteiger charge is 2.24. The third-order valence-electron chi connectivity index (χ3n) is 4.76. The number of nitrogens with zero attached hydrogens (tertiary/aromatic N) is 5. The van der Waals surface area contributed by atoms with Crippen molar-refractivity contribution in [3.05, 3.63) is 36.7 Å². The Morgan fingerprint density at radius 2 is 1.86 bits per heavy atom. The first kappa shape index (κ1) is 16.4. The molecule has 28 heavy (non-hydrogen) atoms. The zero-order valence-electron chi connectivity index (χ0n) is 15.2. The van der Waals surface area contributed by atoms with Gasteiger partial charge in [-0.3, -0.25) is 0 Å². The molecule has 1 aliphatic heterocycles. The average molecular weight is 379 g/mol. The van der Waals surface area contributed by atoms with Crippen molar-refractivity contribution < 1.29 is 19.7 Å². The summed E-state index contributed by atoms with van der Waals surface area (Å²) in [5.74, 6) is 1.15. The van der Waals surface area contributed by atoms with Gasteiger partial charge in [-0.1, -0.05) is 11.2 Å². The Kier molecular flexibility index (Phi) is 3.45. The minimum atomic E-state index is -0.307. The van der Waals surface area contributed by atoms with Crippen LogP contribution in [-0.4, -0.2) is 41.3 Å². The van der Waals surface area contributed by atoms with Gasteiger partial charge in [0.05, 0.1) is 23.1 Å². The summed E-state index contributed by atoms with van der Waals surface area (Å²) in [6, 6.07) is 8.65. The lowest BCUT2D eigenvalue weighted by Crippen LogP contribution is -2.01. The molecule has 5 rings (SSSR count). The number of aromatic nitrogens is 5. The van der Waals surface area contributed by atoms with Crippen molar-refractivity contribution in [3.63, 3.8) is 0 Å². The molecule has 0 saturated heterocycles. The van der Waals surface area contributed by atoms with Crippen LogP contribution in [0.5, 0.6) is 23.3 Å². The zero-order chi connectivity index (χ0) is 19.4. The highest BCUT2D eigenvalue weighted by Crippen LogP contribution is 2.42. The van der Waals surface area contributed by atoms with Gasteiger partial charge in [0.15, 0.2) is 17.3 Å². The first-order chi connectivity index (χ1) is 13.5. The van der Waals surface area contributed by atoms with Gasteiger partial charge in [0, 0.05) is 12.1 Å². The van der Waals surface area contributed by atoms with Crippen LogP contribution in [0.4, 0.5) is 0 Å². The van der Waals surface area contributed by atoms with Crippen LogP contribution in [0, 0.1) is 0 Å². The topological polar surface area (TPSA) is 107 Å². The van der Waals surface area contributed by atoms with Crippen molar-refractivity contribution in [1.82, 2.24) is 24.3 Å². The third-order valence-corrected chi connectivity index (χ3v) is 4.76. The van der Waals surface area contributed by atoms with Crippen LogP contribution in [0.2, 0.25) is 0 Å². The largest absolute Gasteiger partial charge is 0.507 e. The quantitative estimate of drug-likeness (QED) is 0.563. The number of hydrogen-bond acceptors (Lipinski definition) is 7. The van der Waals surface area contributed by atoms with Crippen LogP contribution in [-0.2, 0) is 0 Å². The van der Waals surface area contributed by atoms with E-state index < -0.39 is 0 Å². The lowest BCUT2D eigenvalue weighted by Gasteiger charge is -2.12. The minimum Gasteiger partial charge on any atom is -0.507 e. The van der Waals surface area contributed by atoms with E-state index in [0.717, 1.165) is 5.52 Å². The molecule has 0 amide bonds. The van der Waals surface area contributed by atoms with Crippen LogP contribution in [0.25, 0.3) is 28.1 Å². The molecule has 2 aromatic carbocycles. The van der Waals surface area contributed by atoms with E-state index in [1.54, 1.807) is 12.4 Å². The summed E-state index contributed by atoms with van der Waals surface area (Å²) in [6.45, 7) is 4.22. The van der Waals surface area contributed by atoms with E-state index in [4.69, 9.17) is 9.47 Å². The fraction of sp³-hybridized carbons (Fsp3) is 0.211. The number of phenols is 1. The lowest BCUT2D eigenvalue weighted by atomic mass is 10.1. The van der Waals surface area contributed by atoms with E-state index in [-0.39, 0.29) is 30.4 Å². The molecule has 0 spiro atoms. The molecule has 0 fully saturated rings. The van der Waals surface area contributed by atoms with Gasteiger partial charge in [-0.15, -0.1) is 5.10 Å². The summed E-state index contributed by atoms with van der Waals surface area (Å²) in [5.41, 5.74) is 2.57. The number of hydrogen-bond donors (Lipinski definition) is 2. The second-order valence-corrected chi connectivity index (χ2v) is 6.77. The molecule has 2 aromatic heterocycles. The van der Waals surface area contributed by atoms with E-state index >= 15 is 0 Å². The molecule has 0 unspecified atom stereocenters. The maximum atomic E-state index is 10.5. The number of fused-ring (bicyclic) bond motifs is 2. The molecule has 0 bridgehead atoms. The van der Waals surface area contributed by atoms with Crippen molar-refractivity contribution in [2.75, 3.05) is 6.79 Å². The Morgan fingerprint density at radius 3 is 2.64 bits per heavy atom. The third kappa shape index (κ3) is 2.29. The van der Waals surface area contributed by atoms with E-state index in [1.807, 2.05) is 22.8 Å². The molecular weight excluding hydrogens is 362 g/mol. The number of ether oxygens (including phenoxy) is 2. The standard InChI is InChI=1S/C19H17N5O4/c1-10(2)23-8-20-17-12(23)4-3-5-13(17)24-18(21-22-19(24)26)11-6-15-16(7-14(11)25)28-9-27-15/h3-8,10,25H,9H2,1-2H3,(H,22,26). The molecule has 0 saturated carbocycles. The normalized spacial score (nSPS) is 13.0. The van der Waals surface area contributed by atoms with Crippen LogP contribution < -0.4 is 9.47 Å². The molecular formula is C19H17N5O4. The van der Waals surface area contributed by atoms with Gasteiger partial charge in [0.2, 0.25) is 6.79 Å². The van der Waals surface area contributed by atoms with Crippen LogP contribution in [0.3, 0.4) is 0 Å². The van der Waals surface area contributed by atoms with Crippen LogP contribution in [0.15, 0.2) is 36.7 Å². The number of rotatable bonds is 3. The number of aromatic hydroxyl groups is 2. The molecule has 1 aliphatic rings. The lowest BCUT2D eigenvalue weighted by molar-refractivity contribution is 0.174. The predicted molar refractivity (Wildman–Crippen MR) is 99.9 cm³/mol. The summed E-state index contributed by atoms with van der Waals surface area (Å²) < 4.78 is 14.2. The Bertz CT molecular complexity index is 1210. The van der Waals surface area contributed by atoms with Crippen LogP contribution >= 0.6 is 0 Å². The maximum absolute atomic E-state index is 10.5. The van der Waals surface area contributed by atoms with E-state index in [1.165, 1.54) is 10.6 Å². The van der Waals surface area contributed by atoms with Crippen molar-refractivity contribution in [1.29, 1.82) is 0 Å². The summed E-state index contributed by atoms with van der Waals surface area (Å²) in [4.78, 5) is 4.52. The molecule has 0 atom stereocenters. The number of imidazole rings is 1. The van der Waals surface area contributed by atoms with Gasteiger partial charge in [-0.2, -0.15) is 0 Å². The fourth-order valence-electron chi connectivity index (χ4n) is 3.42. The second-order valence-electron chi connectivity index (χ2n) is 6.77. The fourth-order valence-corrected chi connectivity index (χ4v) is 3.42. The predicted octanol–water partition coefficient (Wildman–Crippen LogP) is 3.00. The van der Waals surface area contributed by atoms with Crippen molar-refractivity contribution in [2.24, 2.45) is 0 Å². The summed E-state index contributed by atoms with van der Waals surface area (Å²) >= 11 is 0. The highest BCUT2D eigenvalue weighted by molar-refractivity contribution is 5.86. The Labute approximate surface area is 159 Å². The highest BCUT2D eigenvalue weighted by atomic mass is 16.7. The minimum absolute atomic E-state index is 0.0576. The number of benzene rings is 2. The first-order valence-electron chi connectivity index (χ1n) is 8.78. The Balaban J connectivity index is 1.74. The Hall–Kier alpha value is -3.75. The van der Waals surface area contributed by atoms with E-state index in [0.29, 0.717) is 28.3 Å². The van der Waals surface area contributed by atoms with Gasteiger partial charge in [-0.05, 0) is 32.0 Å². The molecule has 9 nitrogen and oxygen atoms in total. The average Bonchev–Trinajstić information content (AvgIpc) is 3.38. The monoisotopic (exact) mass is 379 g/mol. The first-order valence-corrected chi connectivity index (χ1v) is 8.78. The van der Waals surface area contributed by atoms with E-state index in [9.17, 15) is 10.2 Å². The summed E-state index contributed by atoms with van der Waals surface area (Å²) in [6.07, 6.45) is 1.76. The van der Waals surface area contributed by atoms with Gasteiger partial charge in [-0.25, -0.2) is 9.55 Å². The molecule has 0 radical (unpaired) electrons. The molecule has 9 heteroatoms.